The van der Waals surface area contributed by atoms with Gasteiger partial charge in [0.05, 0.1) is 7.11 Å². The minimum atomic E-state index is 0.495. The highest BCUT2D eigenvalue weighted by atomic mass is 16.5. The lowest BCUT2D eigenvalue weighted by atomic mass is 10.1. The molecule has 0 fully saturated rings. The van der Waals surface area contributed by atoms with Gasteiger partial charge in [-0.3, -0.25) is 4.99 Å². The summed E-state index contributed by atoms with van der Waals surface area (Å²) in [6.45, 7) is 3.56. The molecule has 1 heterocycles. The zero-order chi connectivity index (χ0) is 18.4. The number of fused-ring (bicyclic) bond motifs is 1. The second-order valence-corrected chi connectivity index (χ2v) is 6.35. The number of ether oxygens (including phenoxy) is 1. The highest BCUT2D eigenvalue weighted by Gasteiger charge is 2.05. The summed E-state index contributed by atoms with van der Waals surface area (Å²) in [6.07, 6.45) is 3.83. The van der Waals surface area contributed by atoms with Crippen LogP contribution in [0.5, 0.6) is 5.75 Å². The molecule has 0 saturated carbocycles. The van der Waals surface area contributed by atoms with E-state index in [2.05, 4.69) is 58.7 Å². The number of aromatic amines is 1. The maximum atomic E-state index is 5.98. The van der Waals surface area contributed by atoms with Crippen molar-refractivity contribution in [3.05, 3.63) is 65.4 Å². The van der Waals surface area contributed by atoms with E-state index < -0.39 is 0 Å². The molecule has 0 aliphatic heterocycles. The van der Waals surface area contributed by atoms with E-state index in [0.717, 1.165) is 25.1 Å². The second-order valence-electron chi connectivity index (χ2n) is 6.35. The van der Waals surface area contributed by atoms with E-state index in [1.807, 2.05) is 12.1 Å². The van der Waals surface area contributed by atoms with Gasteiger partial charge in [0.2, 0.25) is 0 Å². The molecule has 0 atom stereocenters. The first-order valence-corrected chi connectivity index (χ1v) is 8.89. The maximum absolute atomic E-state index is 5.98. The number of aromatic nitrogens is 1. The lowest BCUT2D eigenvalue weighted by Crippen LogP contribution is -2.33. The molecule has 5 nitrogen and oxygen atoms in total. The Morgan fingerprint density at radius 1 is 1.15 bits per heavy atom. The van der Waals surface area contributed by atoms with Crippen molar-refractivity contribution in [1.29, 1.82) is 0 Å². The summed E-state index contributed by atoms with van der Waals surface area (Å²) in [6, 6.07) is 14.4. The van der Waals surface area contributed by atoms with Crippen molar-refractivity contribution in [2.75, 3.05) is 20.2 Å². The number of hydrogen-bond donors (Lipinski definition) is 3. The average Bonchev–Trinajstić information content (AvgIpc) is 3.07. The van der Waals surface area contributed by atoms with Crippen molar-refractivity contribution < 1.29 is 4.74 Å². The van der Waals surface area contributed by atoms with Crippen LogP contribution in [0.3, 0.4) is 0 Å². The fourth-order valence-corrected chi connectivity index (χ4v) is 3.13. The molecule has 0 aliphatic carbocycles. The summed E-state index contributed by atoms with van der Waals surface area (Å²) in [4.78, 5) is 7.77. The average molecular weight is 350 g/mol. The van der Waals surface area contributed by atoms with Crippen molar-refractivity contribution in [3.63, 3.8) is 0 Å². The third kappa shape index (κ3) is 4.36. The first-order valence-electron chi connectivity index (χ1n) is 8.89. The van der Waals surface area contributed by atoms with Crippen molar-refractivity contribution in [2.24, 2.45) is 10.7 Å². The molecule has 136 valence electrons. The van der Waals surface area contributed by atoms with Gasteiger partial charge in [-0.25, -0.2) is 0 Å². The van der Waals surface area contributed by atoms with Gasteiger partial charge in [-0.05, 0) is 54.7 Å². The minimum Gasteiger partial charge on any atom is -0.497 e. The van der Waals surface area contributed by atoms with Crippen LogP contribution in [0.15, 0.2) is 53.7 Å². The normalized spacial score (nSPS) is 11.7. The number of rotatable bonds is 7. The molecular formula is C21H26N4O. The summed E-state index contributed by atoms with van der Waals surface area (Å²) in [5.74, 6) is 1.37. The molecule has 0 bridgehead atoms. The predicted octanol–water partition coefficient (Wildman–Crippen LogP) is 3.17. The van der Waals surface area contributed by atoms with Gasteiger partial charge >= 0.3 is 0 Å². The van der Waals surface area contributed by atoms with Gasteiger partial charge in [0.25, 0.3) is 0 Å². The predicted molar refractivity (Wildman–Crippen MR) is 108 cm³/mol. The van der Waals surface area contributed by atoms with E-state index in [1.54, 1.807) is 7.11 Å². The Morgan fingerprint density at radius 3 is 2.73 bits per heavy atom. The van der Waals surface area contributed by atoms with Crippen molar-refractivity contribution >= 4 is 16.9 Å². The number of guanidine groups is 1. The Morgan fingerprint density at radius 2 is 1.96 bits per heavy atom. The van der Waals surface area contributed by atoms with Crippen LogP contribution in [0, 0.1) is 6.92 Å². The Labute approximate surface area is 154 Å². The molecule has 26 heavy (non-hydrogen) atoms. The highest BCUT2D eigenvalue weighted by Crippen LogP contribution is 2.22. The zero-order valence-corrected chi connectivity index (χ0v) is 15.4. The van der Waals surface area contributed by atoms with E-state index >= 15 is 0 Å². The summed E-state index contributed by atoms with van der Waals surface area (Å²) in [5, 5.41) is 4.48. The quantitative estimate of drug-likeness (QED) is 0.452. The van der Waals surface area contributed by atoms with Crippen LogP contribution in [0.25, 0.3) is 10.9 Å². The van der Waals surface area contributed by atoms with E-state index in [4.69, 9.17) is 10.5 Å². The molecule has 3 aromatic rings. The van der Waals surface area contributed by atoms with Crippen molar-refractivity contribution in [1.82, 2.24) is 10.3 Å². The molecular weight excluding hydrogens is 324 g/mol. The van der Waals surface area contributed by atoms with Gasteiger partial charge in [-0.15, -0.1) is 0 Å². The molecule has 2 aromatic carbocycles. The van der Waals surface area contributed by atoms with Gasteiger partial charge in [0.1, 0.15) is 5.75 Å². The van der Waals surface area contributed by atoms with Crippen LogP contribution in [0.4, 0.5) is 0 Å². The number of nitrogens with two attached hydrogens (primary N) is 1. The number of aliphatic imine (C=N–C) groups is 1. The monoisotopic (exact) mass is 350 g/mol. The SMILES string of the molecule is COc1ccc(CCNC(N)=NCCc2c[nH]c3cccc(C)c23)cc1. The number of H-pyrrole nitrogens is 1. The molecule has 4 N–H and O–H groups in total. The van der Waals surface area contributed by atoms with Crippen LogP contribution in [-0.4, -0.2) is 31.1 Å². The third-order valence-electron chi connectivity index (χ3n) is 4.54. The second kappa shape index (κ2) is 8.43. The first kappa shape index (κ1) is 17.9. The molecule has 1 aromatic heterocycles. The lowest BCUT2D eigenvalue weighted by molar-refractivity contribution is 0.414. The topological polar surface area (TPSA) is 75.4 Å². The van der Waals surface area contributed by atoms with Crippen molar-refractivity contribution in [3.8, 4) is 5.75 Å². The molecule has 0 unspecified atom stereocenters. The van der Waals surface area contributed by atoms with Gasteiger partial charge in [-0.1, -0.05) is 24.3 Å². The standard InChI is InChI=1S/C21H26N4O/c1-15-4-3-5-19-20(15)17(14-25-19)11-13-24-21(22)23-12-10-16-6-8-18(26-2)9-7-16/h3-9,14,25H,10-13H2,1-2H3,(H3,22,23,24). The Kier molecular flexibility index (Phi) is 5.79. The summed E-state index contributed by atoms with van der Waals surface area (Å²) < 4.78 is 5.16. The molecule has 3 rings (SSSR count). The van der Waals surface area contributed by atoms with Crippen LogP contribution in [0.1, 0.15) is 16.7 Å². The van der Waals surface area contributed by atoms with Crippen molar-refractivity contribution in [2.45, 2.75) is 19.8 Å². The number of hydrogen-bond acceptors (Lipinski definition) is 2. The van der Waals surface area contributed by atoms with Gasteiger partial charge in [0, 0.05) is 30.2 Å². The van der Waals surface area contributed by atoms with Crippen LogP contribution in [-0.2, 0) is 12.8 Å². The smallest absolute Gasteiger partial charge is 0.188 e. The number of methoxy groups -OCH3 is 1. The summed E-state index contributed by atoms with van der Waals surface area (Å²) >= 11 is 0. The Balaban J connectivity index is 1.47. The molecule has 0 aliphatic rings. The molecule has 0 saturated heterocycles. The van der Waals surface area contributed by atoms with Crippen LogP contribution >= 0.6 is 0 Å². The first-order chi connectivity index (χ1) is 12.7. The van der Waals surface area contributed by atoms with E-state index in [1.165, 1.54) is 27.6 Å². The third-order valence-corrected chi connectivity index (χ3v) is 4.54. The highest BCUT2D eigenvalue weighted by molar-refractivity contribution is 5.86. The largest absolute Gasteiger partial charge is 0.497 e. The van der Waals surface area contributed by atoms with Crippen LogP contribution < -0.4 is 15.8 Å². The number of aryl methyl sites for hydroxylation is 1. The van der Waals surface area contributed by atoms with Crippen LogP contribution in [0.2, 0.25) is 0 Å². The molecule has 5 heteroatoms. The fourth-order valence-electron chi connectivity index (χ4n) is 3.13. The summed E-state index contributed by atoms with van der Waals surface area (Å²) in [5.41, 5.74) is 11.0. The molecule has 0 radical (unpaired) electrons. The number of nitrogens with zero attached hydrogens (tertiary/aromatic N) is 1. The van der Waals surface area contributed by atoms with Gasteiger partial charge in [0.15, 0.2) is 5.96 Å². The Bertz CT molecular complexity index is 881. The number of nitrogens with one attached hydrogen (secondary N) is 2. The Hall–Kier alpha value is -2.95. The summed E-state index contributed by atoms with van der Waals surface area (Å²) in [7, 11) is 1.67. The lowest BCUT2D eigenvalue weighted by Gasteiger charge is -2.07. The van der Waals surface area contributed by atoms with E-state index in [0.29, 0.717) is 12.5 Å². The zero-order valence-electron chi connectivity index (χ0n) is 15.4. The number of benzene rings is 2. The minimum absolute atomic E-state index is 0.495. The molecule has 0 spiro atoms. The van der Waals surface area contributed by atoms with E-state index in [-0.39, 0.29) is 0 Å². The van der Waals surface area contributed by atoms with E-state index in [9.17, 15) is 0 Å². The van der Waals surface area contributed by atoms with Gasteiger partial charge < -0.3 is 20.8 Å². The fraction of sp³-hybridized carbons (Fsp3) is 0.286. The molecule has 0 amide bonds. The van der Waals surface area contributed by atoms with Gasteiger partial charge in [-0.2, -0.15) is 0 Å². The maximum Gasteiger partial charge on any atom is 0.188 e.